The fourth-order valence-electron chi connectivity index (χ4n) is 3.71. The zero-order valence-corrected chi connectivity index (χ0v) is 22.1. The van der Waals surface area contributed by atoms with Crippen LogP contribution in [0, 0.1) is 5.82 Å². The second-order valence-electron chi connectivity index (χ2n) is 8.39. The molecular formula is C28H25ClFN3O4S. The molecule has 0 bridgehead atoms. The van der Waals surface area contributed by atoms with Gasteiger partial charge in [0.25, 0.3) is 0 Å². The van der Waals surface area contributed by atoms with Gasteiger partial charge >= 0.3 is 5.97 Å². The van der Waals surface area contributed by atoms with Crippen LogP contribution in [0.1, 0.15) is 29.3 Å². The predicted molar refractivity (Wildman–Crippen MR) is 147 cm³/mol. The van der Waals surface area contributed by atoms with Crippen molar-refractivity contribution in [1.82, 2.24) is 4.90 Å². The van der Waals surface area contributed by atoms with Crippen LogP contribution in [0.2, 0.25) is 5.02 Å². The van der Waals surface area contributed by atoms with E-state index in [4.69, 9.17) is 16.3 Å². The van der Waals surface area contributed by atoms with E-state index in [0.717, 1.165) is 5.56 Å². The first kappa shape index (κ1) is 27.3. The van der Waals surface area contributed by atoms with Crippen molar-refractivity contribution in [3.63, 3.8) is 0 Å². The molecule has 0 radical (unpaired) electrons. The number of nitrogens with zero attached hydrogens (tertiary/aromatic N) is 2. The number of benzene rings is 3. The highest BCUT2D eigenvalue weighted by atomic mass is 35.5. The van der Waals surface area contributed by atoms with Crippen LogP contribution in [-0.4, -0.2) is 46.3 Å². The molecule has 0 spiro atoms. The molecule has 10 heteroatoms. The molecule has 1 aliphatic heterocycles. The minimum absolute atomic E-state index is 0.0148. The Morgan fingerprint density at radius 3 is 2.42 bits per heavy atom. The lowest BCUT2D eigenvalue weighted by atomic mass is 10.1. The van der Waals surface area contributed by atoms with E-state index in [1.807, 2.05) is 12.1 Å². The number of anilines is 1. The fraction of sp³-hybridized carbons (Fsp3) is 0.214. The number of aliphatic imine (C=N–C) groups is 1. The number of carbonyl (C=O) groups excluding carboxylic acids is 3. The summed E-state index contributed by atoms with van der Waals surface area (Å²) in [6.45, 7) is 2.36. The van der Waals surface area contributed by atoms with Gasteiger partial charge < -0.3 is 10.1 Å². The largest absolute Gasteiger partial charge is 0.462 e. The summed E-state index contributed by atoms with van der Waals surface area (Å²) in [6, 6.07) is 19.3. The third-order valence-corrected chi connectivity index (χ3v) is 7.12. The summed E-state index contributed by atoms with van der Waals surface area (Å²) in [5.74, 6) is -1.46. The van der Waals surface area contributed by atoms with Crippen LogP contribution in [0.3, 0.4) is 0 Å². The molecule has 196 valence electrons. The van der Waals surface area contributed by atoms with E-state index in [1.54, 1.807) is 48.2 Å². The molecule has 38 heavy (non-hydrogen) atoms. The quantitative estimate of drug-likeness (QED) is 0.353. The van der Waals surface area contributed by atoms with Crippen molar-refractivity contribution in [3.8, 4) is 0 Å². The van der Waals surface area contributed by atoms with Crippen molar-refractivity contribution >= 4 is 57.7 Å². The molecule has 1 atom stereocenters. The molecule has 3 aromatic carbocycles. The summed E-state index contributed by atoms with van der Waals surface area (Å²) in [7, 11) is 0. The normalized spacial score (nSPS) is 16.4. The average molecular weight is 554 g/mol. The number of rotatable bonds is 8. The van der Waals surface area contributed by atoms with Gasteiger partial charge in [-0.1, -0.05) is 35.5 Å². The summed E-state index contributed by atoms with van der Waals surface area (Å²) in [5.41, 5.74) is 2.34. The Hall–Kier alpha value is -3.69. The third-order valence-electron chi connectivity index (χ3n) is 5.68. The maximum absolute atomic E-state index is 13.2. The number of ether oxygens (including phenoxy) is 1. The van der Waals surface area contributed by atoms with Crippen LogP contribution in [0.5, 0.6) is 0 Å². The molecule has 1 heterocycles. The molecule has 0 aliphatic carbocycles. The highest BCUT2D eigenvalue weighted by Gasteiger charge is 2.35. The lowest BCUT2D eigenvalue weighted by Gasteiger charge is -2.32. The molecule has 1 N–H and O–H groups in total. The smallest absolute Gasteiger partial charge is 0.338 e. The Kier molecular flexibility index (Phi) is 9.15. The van der Waals surface area contributed by atoms with E-state index in [1.165, 1.54) is 36.0 Å². The van der Waals surface area contributed by atoms with Crippen LogP contribution in [-0.2, 0) is 20.7 Å². The topological polar surface area (TPSA) is 88.1 Å². The predicted octanol–water partition coefficient (Wildman–Crippen LogP) is 5.86. The number of amides is 2. The SMILES string of the molecule is CCOC(=O)c1ccc(N=C2SC(C(=O)Nc3ccc(F)cc3)CC(=O)N2CCc2ccc(Cl)cc2)cc1. The highest BCUT2D eigenvalue weighted by molar-refractivity contribution is 8.15. The van der Waals surface area contributed by atoms with E-state index in [-0.39, 0.29) is 24.8 Å². The maximum atomic E-state index is 13.2. The van der Waals surface area contributed by atoms with Crippen molar-refractivity contribution in [2.24, 2.45) is 4.99 Å². The third kappa shape index (κ3) is 7.20. The van der Waals surface area contributed by atoms with E-state index < -0.39 is 17.0 Å². The van der Waals surface area contributed by atoms with Crippen molar-refractivity contribution in [2.75, 3.05) is 18.5 Å². The van der Waals surface area contributed by atoms with Gasteiger partial charge in [-0.25, -0.2) is 14.2 Å². The fourth-order valence-corrected chi connectivity index (χ4v) is 4.96. The molecule has 1 unspecified atom stereocenters. The molecule has 3 aromatic rings. The van der Waals surface area contributed by atoms with Gasteiger partial charge in [0.2, 0.25) is 11.8 Å². The Balaban J connectivity index is 1.55. The van der Waals surface area contributed by atoms with Crippen molar-refractivity contribution in [1.29, 1.82) is 0 Å². The highest BCUT2D eigenvalue weighted by Crippen LogP contribution is 2.30. The van der Waals surface area contributed by atoms with Gasteiger partial charge in [-0.2, -0.15) is 0 Å². The van der Waals surface area contributed by atoms with Gasteiger partial charge in [0.15, 0.2) is 5.17 Å². The van der Waals surface area contributed by atoms with E-state index in [0.29, 0.717) is 40.1 Å². The van der Waals surface area contributed by atoms with Crippen molar-refractivity contribution < 1.29 is 23.5 Å². The number of amidine groups is 1. The first-order valence-corrected chi connectivity index (χ1v) is 13.2. The van der Waals surface area contributed by atoms with Gasteiger partial charge in [0.05, 0.1) is 17.9 Å². The first-order valence-electron chi connectivity index (χ1n) is 12.0. The second-order valence-corrected chi connectivity index (χ2v) is 10.00. The minimum Gasteiger partial charge on any atom is -0.462 e. The zero-order chi connectivity index (χ0) is 27.1. The van der Waals surface area contributed by atoms with Gasteiger partial charge in [0, 0.05) is 23.7 Å². The molecule has 0 aromatic heterocycles. The molecular weight excluding hydrogens is 529 g/mol. The number of hydrogen-bond donors (Lipinski definition) is 1. The standard InChI is InChI=1S/C28H25ClFN3O4S/c1-2-37-27(36)19-5-11-23(12-6-19)32-28-33(16-15-18-3-7-20(29)8-4-18)25(34)17-24(38-28)26(35)31-22-13-9-21(30)10-14-22/h3-14,24H,2,15-17H2,1H3,(H,31,35). The summed E-state index contributed by atoms with van der Waals surface area (Å²) >= 11 is 7.17. The minimum atomic E-state index is -0.725. The lowest BCUT2D eigenvalue weighted by molar-refractivity contribution is -0.129. The Morgan fingerprint density at radius 2 is 1.76 bits per heavy atom. The van der Waals surface area contributed by atoms with Gasteiger partial charge in [0.1, 0.15) is 11.1 Å². The number of carbonyl (C=O) groups is 3. The van der Waals surface area contributed by atoms with Gasteiger partial charge in [-0.05, 0) is 79.6 Å². The molecule has 1 saturated heterocycles. The van der Waals surface area contributed by atoms with Crippen molar-refractivity contribution in [2.45, 2.75) is 25.0 Å². The summed E-state index contributed by atoms with van der Waals surface area (Å²) in [4.78, 5) is 44.4. The van der Waals surface area contributed by atoms with Crippen LogP contribution in [0.25, 0.3) is 0 Å². The molecule has 1 fully saturated rings. The van der Waals surface area contributed by atoms with E-state index >= 15 is 0 Å². The van der Waals surface area contributed by atoms with Crippen molar-refractivity contribution in [3.05, 3.63) is 94.8 Å². The number of nitrogens with one attached hydrogen (secondary N) is 1. The van der Waals surface area contributed by atoms with Crippen LogP contribution >= 0.6 is 23.4 Å². The maximum Gasteiger partial charge on any atom is 0.338 e. The molecule has 1 aliphatic rings. The molecule has 0 saturated carbocycles. The lowest BCUT2D eigenvalue weighted by Crippen LogP contribution is -2.46. The summed E-state index contributed by atoms with van der Waals surface area (Å²) in [6.07, 6.45) is 0.551. The van der Waals surface area contributed by atoms with Crippen LogP contribution in [0.4, 0.5) is 15.8 Å². The number of halogens is 2. The summed E-state index contributed by atoms with van der Waals surface area (Å²) in [5, 5.41) is 3.01. The number of hydrogen-bond acceptors (Lipinski definition) is 6. The molecule has 7 nitrogen and oxygen atoms in total. The van der Waals surface area contributed by atoms with E-state index in [2.05, 4.69) is 10.3 Å². The second kappa shape index (κ2) is 12.7. The van der Waals surface area contributed by atoms with Crippen LogP contribution < -0.4 is 5.32 Å². The summed E-state index contributed by atoms with van der Waals surface area (Å²) < 4.78 is 18.3. The Bertz CT molecular complexity index is 1330. The average Bonchev–Trinajstić information content (AvgIpc) is 2.91. The Morgan fingerprint density at radius 1 is 1.08 bits per heavy atom. The van der Waals surface area contributed by atoms with Gasteiger partial charge in [-0.15, -0.1) is 0 Å². The zero-order valence-electron chi connectivity index (χ0n) is 20.5. The first-order chi connectivity index (χ1) is 18.3. The molecule has 4 rings (SSSR count). The monoisotopic (exact) mass is 553 g/mol. The number of thioether (sulfide) groups is 1. The van der Waals surface area contributed by atoms with Gasteiger partial charge in [-0.3, -0.25) is 14.5 Å². The van der Waals surface area contributed by atoms with E-state index in [9.17, 15) is 18.8 Å². The van der Waals surface area contributed by atoms with Crippen LogP contribution in [0.15, 0.2) is 77.8 Å². The molecule has 2 amide bonds. The number of esters is 1. The Labute approximate surface area is 229 Å².